The zero-order valence-electron chi connectivity index (χ0n) is 15.4. The van der Waals surface area contributed by atoms with Crippen LogP contribution in [0.2, 0.25) is 5.02 Å². The maximum atomic E-state index is 12.7. The average molecular weight is 441 g/mol. The van der Waals surface area contributed by atoms with Gasteiger partial charge < -0.3 is 15.2 Å². The van der Waals surface area contributed by atoms with Crippen molar-refractivity contribution in [2.24, 2.45) is 0 Å². The largest absolute Gasteiger partial charge is 0.478 e. The van der Waals surface area contributed by atoms with Gasteiger partial charge in [-0.15, -0.1) is 0 Å². The number of ether oxygens (including phenoxy) is 1. The van der Waals surface area contributed by atoms with E-state index in [0.29, 0.717) is 43.1 Å². The average Bonchev–Trinajstić information content (AvgIpc) is 2.95. The number of carboxylic acid groups (broad SMARTS) is 1. The van der Waals surface area contributed by atoms with Crippen molar-refractivity contribution in [1.82, 2.24) is 4.98 Å². The van der Waals surface area contributed by atoms with Gasteiger partial charge in [0.2, 0.25) is 11.8 Å². The highest BCUT2D eigenvalue weighted by atomic mass is 35.5. The molecular weight excluding hydrogens is 425 g/mol. The predicted octanol–water partition coefficient (Wildman–Crippen LogP) is 4.66. The normalized spacial score (nSPS) is 23.2. The van der Waals surface area contributed by atoms with E-state index in [-0.39, 0.29) is 28.5 Å². The lowest BCUT2D eigenvalue weighted by Gasteiger charge is -2.35. The van der Waals surface area contributed by atoms with Gasteiger partial charge in [-0.05, 0) is 55.5 Å². The number of rotatable bonds is 3. The Morgan fingerprint density at radius 1 is 1.27 bits per heavy atom. The maximum absolute atomic E-state index is 12.7. The number of carboxylic acids is 1. The lowest BCUT2D eigenvalue weighted by molar-refractivity contribution is -0.137. The molecule has 1 amide bonds. The molecule has 1 saturated carbocycles. The number of anilines is 1. The second-order valence-electron chi connectivity index (χ2n) is 7.43. The van der Waals surface area contributed by atoms with Crippen molar-refractivity contribution < 1.29 is 32.6 Å². The van der Waals surface area contributed by atoms with E-state index in [2.05, 4.69) is 10.3 Å². The number of benzene rings is 1. The molecule has 0 bridgehead atoms. The monoisotopic (exact) mass is 440 g/mol. The van der Waals surface area contributed by atoms with Crippen LogP contribution in [0.1, 0.15) is 47.2 Å². The number of amides is 1. The molecule has 158 valence electrons. The predicted molar refractivity (Wildman–Crippen MR) is 101 cm³/mol. The van der Waals surface area contributed by atoms with Crippen LogP contribution >= 0.6 is 11.6 Å². The van der Waals surface area contributed by atoms with E-state index < -0.39 is 23.1 Å². The molecule has 2 N–H and O–H groups in total. The van der Waals surface area contributed by atoms with Crippen molar-refractivity contribution in [3.05, 3.63) is 52.2 Å². The first-order valence-corrected chi connectivity index (χ1v) is 9.57. The van der Waals surface area contributed by atoms with Gasteiger partial charge in [-0.2, -0.15) is 13.2 Å². The van der Waals surface area contributed by atoms with Crippen molar-refractivity contribution >= 4 is 29.2 Å². The molecule has 6 nitrogen and oxygen atoms in total. The summed E-state index contributed by atoms with van der Waals surface area (Å²) < 4.78 is 44.0. The standard InChI is InChI=1S/C20H16ClF3N2O4/c21-14-8-11(20(22,23)24)9-25-16(14)30-12-3-5-19(6-4-12)13-7-10(17(27)28)1-2-15(13)26-18(19)29/h1-2,7-9,12H,3-6H2,(H,26,29)(H,27,28). The third-order valence-corrected chi connectivity index (χ3v) is 5.93. The summed E-state index contributed by atoms with van der Waals surface area (Å²) in [4.78, 5) is 27.7. The lowest BCUT2D eigenvalue weighted by atomic mass is 9.69. The van der Waals surface area contributed by atoms with Gasteiger partial charge in [0.05, 0.1) is 16.5 Å². The minimum Gasteiger partial charge on any atom is -0.478 e. The molecule has 0 radical (unpaired) electrons. The molecule has 1 aliphatic heterocycles. The Morgan fingerprint density at radius 2 is 1.97 bits per heavy atom. The van der Waals surface area contributed by atoms with Crippen LogP contribution < -0.4 is 10.1 Å². The fourth-order valence-electron chi connectivity index (χ4n) is 4.07. The van der Waals surface area contributed by atoms with Crippen molar-refractivity contribution in [3.63, 3.8) is 0 Å². The first-order valence-electron chi connectivity index (χ1n) is 9.19. The highest BCUT2D eigenvalue weighted by molar-refractivity contribution is 6.31. The number of nitrogens with zero attached hydrogens (tertiary/aromatic N) is 1. The topological polar surface area (TPSA) is 88.5 Å². The van der Waals surface area contributed by atoms with Crippen LogP contribution in [0.15, 0.2) is 30.5 Å². The van der Waals surface area contributed by atoms with E-state index in [1.165, 1.54) is 12.1 Å². The summed E-state index contributed by atoms with van der Waals surface area (Å²) in [6.45, 7) is 0. The van der Waals surface area contributed by atoms with Gasteiger partial charge in [-0.3, -0.25) is 4.79 Å². The Balaban J connectivity index is 1.51. The molecule has 0 atom stereocenters. The number of fused-ring (bicyclic) bond motifs is 2. The molecule has 1 aliphatic carbocycles. The van der Waals surface area contributed by atoms with Gasteiger partial charge >= 0.3 is 12.1 Å². The fraction of sp³-hybridized carbons (Fsp3) is 0.350. The summed E-state index contributed by atoms with van der Waals surface area (Å²) in [5.41, 5.74) is -0.467. The first kappa shape index (κ1) is 20.5. The number of pyridine rings is 1. The van der Waals surface area contributed by atoms with E-state index in [1.807, 2.05) is 0 Å². The minimum absolute atomic E-state index is 0.0879. The number of hydrogen-bond donors (Lipinski definition) is 2. The number of carbonyl (C=O) groups is 2. The fourth-order valence-corrected chi connectivity index (χ4v) is 4.28. The van der Waals surface area contributed by atoms with Crippen molar-refractivity contribution in [1.29, 1.82) is 0 Å². The summed E-state index contributed by atoms with van der Waals surface area (Å²) in [7, 11) is 0. The smallest absolute Gasteiger partial charge is 0.417 e. The van der Waals surface area contributed by atoms with Crippen molar-refractivity contribution in [2.45, 2.75) is 43.4 Å². The van der Waals surface area contributed by atoms with Gasteiger partial charge in [0.1, 0.15) is 11.1 Å². The Kier molecular flexibility index (Phi) is 4.88. The van der Waals surface area contributed by atoms with Crippen molar-refractivity contribution in [3.8, 4) is 5.88 Å². The molecule has 1 fully saturated rings. The third-order valence-electron chi connectivity index (χ3n) is 5.66. The first-order chi connectivity index (χ1) is 14.1. The lowest BCUT2D eigenvalue weighted by Crippen LogP contribution is -2.41. The quantitative estimate of drug-likeness (QED) is 0.724. The summed E-state index contributed by atoms with van der Waals surface area (Å²) in [6.07, 6.45) is -2.59. The van der Waals surface area contributed by atoms with Crippen LogP contribution in [0.4, 0.5) is 18.9 Å². The number of hydrogen-bond acceptors (Lipinski definition) is 4. The Morgan fingerprint density at radius 3 is 2.57 bits per heavy atom. The van der Waals surface area contributed by atoms with Crippen LogP contribution in [0.25, 0.3) is 0 Å². The molecule has 2 aliphatic rings. The Labute approximate surface area is 174 Å². The second kappa shape index (κ2) is 7.16. The van der Waals surface area contributed by atoms with Crippen LogP contribution in [0, 0.1) is 0 Å². The molecule has 1 aromatic carbocycles. The molecule has 2 heterocycles. The van der Waals surface area contributed by atoms with Gasteiger partial charge in [-0.25, -0.2) is 9.78 Å². The van der Waals surface area contributed by atoms with E-state index in [0.717, 1.165) is 6.07 Å². The van der Waals surface area contributed by atoms with E-state index in [9.17, 15) is 27.9 Å². The summed E-state index contributed by atoms with van der Waals surface area (Å²) in [5, 5.41) is 11.8. The van der Waals surface area contributed by atoms with Gasteiger partial charge in [0.15, 0.2) is 0 Å². The molecular formula is C20H16ClF3N2O4. The molecule has 10 heteroatoms. The molecule has 1 aromatic heterocycles. The number of halogens is 4. The zero-order valence-corrected chi connectivity index (χ0v) is 16.2. The molecule has 30 heavy (non-hydrogen) atoms. The highest BCUT2D eigenvalue weighted by Gasteiger charge is 2.49. The van der Waals surface area contributed by atoms with Crippen LogP contribution in [0.5, 0.6) is 5.88 Å². The van der Waals surface area contributed by atoms with Gasteiger partial charge in [0.25, 0.3) is 0 Å². The third kappa shape index (κ3) is 3.47. The summed E-state index contributed by atoms with van der Waals surface area (Å²) >= 11 is 5.91. The summed E-state index contributed by atoms with van der Waals surface area (Å²) in [5.74, 6) is -1.36. The number of nitrogens with one attached hydrogen (secondary N) is 1. The highest BCUT2D eigenvalue weighted by Crippen LogP contribution is 2.48. The number of aromatic carboxylic acids is 1. The molecule has 4 rings (SSSR count). The molecule has 2 aromatic rings. The van der Waals surface area contributed by atoms with Crippen molar-refractivity contribution in [2.75, 3.05) is 5.32 Å². The summed E-state index contributed by atoms with van der Waals surface area (Å²) in [6, 6.07) is 5.31. The zero-order chi connectivity index (χ0) is 21.7. The number of carbonyl (C=O) groups excluding carboxylic acids is 1. The minimum atomic E-state index is -4.55. The molecule has 1 spiro atoms. The Bertz CT molecular complexity index is 1030. The molecule has 0 saturated heterocycles. The van der Waals surface area contributed by atoms with Crippen LogP contribution in [-0.4, -0.2) is 28.1 Å². The number of alkyl halides is 3. The van der Waals surface area contributed by atoms with E-state index in [4.69, 9.17) is 16.3 Å². The van der Waals surface area contributed by atoms with Gasteiger partial charge in [-0.1, -0.05) is 11.6 Å². The molecule has 0 unspecified atom stereocenters. The van der Waals surface area contributed by atoms with Gasteiger partial charge in [0, 0.05) is 11.9 Å². The van der Waals surface area contributed by atoms with E-state index >= 15 is 0 Å². The van der Waals surface area contributed by atoms with Crippen LogP contribution in [0.3, 0.4) is 0 Å². The Hall–Kier alpha value is -2.81. The van der Waals surface area contributed by atoms with Crippen LogP contribution in [-0.2, 0) is 16.4 Å². The second-order valence-corrected chi connectivity index (χ2v) is 7.83. The maximum Gasteiger partial charge on any atom is 0.417 e. The number of aromatic nitrogens is 1. The van der Waals surface area contributed by atoms with E-state index in [1.54, 1.807) is 6.07 Å². The SMILES string of the molecule is O=C(O)c1ccc2c(c1)C1(CCC(Oc3ncc(C(F)(F)F)cc3Cl)CC1)C(=O)N2.